The lowest BCUT2D eigenvalue weighted by Gasteiger charge is -2.29. The average Bonchev–Trinajstić information content (AvgIpc) is 3.66. The lowest BCUT2D eigenvalue weighted by atomic mass is 9.92. The summed E-state index contributed by atoms with van der Waals surface area (Å²) < 4.78 is 6.55. The van der Waals surface area contributed by atoms with Gasteiger partial charge in [0.1, 0.15) is 11.2 Å². The predicted molar refractivity (Wildman–Crippen MR) is 237 cm³/mol. The molecule has 11 rings (SSSR count). The molecule has 56 heavy (non-hydrogen) atoms. The molecule has 0 spiro atoms. The second-order valence-corrected chi connectivity index (χ2v) is 14.4. The lowest BCUT2D eigenvalue weighted by molar-refractivity contribution is 0.672. The van der Waals surface area contributed by atoms with Crippen LogP contribution in [-0.4, -0.2) is 0 Å². The number of nitrogens with zero attached hydrogens (tertiary/aromatic N) is 1. The summed E-state index contributed by atoms with van der Waals surface area (Å²) in [7, 11) is 0. The molecule has 2 heteroatoms. The van der Waals surface area contributed by atoms with Gasteiger partial charge in [-0.2, -0.15) is 0 Å². The molecule has 0 aliphatic heterocycles. The Labute approximate surface area is 325 Å². The van der Waals surface area contributed by atoms with Gasteiger partial charge in [-0.05, 0) is 85.8 Å². The first-order valence-corrected chi connectivity index (χ1v) is 19.2. The van der Waals surface area contributed by atoms with Gasteiger partial charge >= 0.3 is 0 Å². The molecule has 0 saturated heterocycles. The first kappa shape index (κ1) is 32.0. The molecule has 1 heterocycles. The Hall–Kier alpha value is -7.42. The van der Waals surface area contributed by atoms with Crippen LogP contribution in [0.2, 0.25) is 0 Å². The first-order chi connectivity index (χ1) is 27.8. The number of fused-ring (bicyclic) bond motifs is 8. The average molecular weight is 714 g/mol. The van der Waals surface area contributed by atoms with E-state index in [9.17, 15) is 0 Å². The van der Waals surface area contributed by atoms with Crippen molar-refractivity contribution in [2.45, 2.75) is 0 Å². The number of para-hydroxylation sites is 2. The van der Waals surface area contributed by atoms with Crippen molar-refractivity contribution in [2.24, 2.45) is 0 Å². The van der Waals surface area contributed by atoms with Crippen molar-refractivity contribution in [3.05, 3.63) is 212 Å². The van der Waals surface area contributed by atoms with Crippen molar-refractivity contribution < 1.29 is 4.42 Å². The van der Waals surface area contributed by atoms with Crippen molar-refractivity contribution in [1.82, 2.24) is 0 Å². The van der Waals surface area contributed by atoms with Crippen LogP contribution in [0.25, 0.3) is 87.6 Å². The minimum absolute atomic E-state index is 0.892. The molecule has 262 valence electrons. The predicted octanol–water partition coefficient (Wildman–Crippen LogP) is 15.5. The summed E-state index contributed by atoms with van der Waals surface area (Å²) in [5, 5.41) is 9.49. The van der Waals surface area contributed by atoms with Crippen LogP contribution in [0.3, 0.4) is 0 Å². The SMILES string of the molecule is c1ccc(-c2ccc(N(c3ccccc3-c3ccc(-c4cc5ccccc5c5ccccc45)cc3)c3cc4c5ccccc5oc4c4ccccc34)cc2)cc1. The summed E-state index contributed by atoms with van der Waals surface area (Å²) in [4.78, 5) is 2.43. The Morgan fingerprint density at radius 3 is 1.64 bits per heavy atom. The van der Waals surface area contributed by atoms with Crippen LogP contribution >= 0.6 is 0 Å². The molecule has 1 aromatic heterocycles. The fourth-order valence-corrected chi connectivity index (χ4v) is 8.59. The molecule has 0 bridgehead atoms. The molecule has 0 saturated carbocycles. The Morgan fingerprint density at radius 2 is 0.857 bits per heavy atom. The van der Waals surface area contributed by atoms with E-state index in [1.165, 1.54) is 43.8 Å². The molecule has 0 atom stereocenters. The summed E-state index contributed by atoms with van der Waals surface area (Å²) in [6, 6.07) is 76.5. The highest BCUT2D eigenvalue weighted by molar-refractivity contribution is 6.20. The van der Waals surface area contributed by atoms with Crippen molar-refractivity contribution in [3.8, 4) is 33.4 Å². The summed E-state index contributed by atoms with van der Waals surface area (Å²) in [6.45, 7) is 0. The van der Waals surface area contributed by atoms with E-state index in [-0.39, 0.29) is 0 Å². The monoisotopic (exact) mass is 713 g/mol. The van der Waals surface area contributed by atoms with E-state index in [2.05, 4.69) is 211 Å². The van der Waals surface area contributed by atoms with Crippen LogP contribution in [0, 0.1) is 0 Å². The zero-order valence-electron chi connectivity index (χ0n) is 30.6. The van der Waals surface area contributed by atoms with Crippen LogP contribution in [0.4, 0.5) is 17.1 Å². The molecular formula is C54H35NO. The van der Waals surface area contributed by atoms with E-state index < -0.39 is 0 Å². The van der Waals surface area contributed by atoms with Gasteiger partial charge in [0, 0.05) is 32.8 Å². The standard InChI is InChI=1S/C54H35NO/c1-2-14-36(15-3-1)37-30-32-41(33-31-37)55(52-35-50-47-22-11-13-25-53(47)56-54(50)48-23-9-8-21-46(48)52)51-24-12-10-18-43(51)38-26-28-39(29-27-38)49-34-40-16-4-5-17-42(40)44-19-6-7-20-45(44)49/h1-35H. The fourth-order valence-electron chi connectivity index (χ4n) is 8.59. The van der Waals surface area contributed by atoms with E-state index in [4.69, 9.17) is 4.42 Å². The number of hydrogen-bond donors (Lipinski definition) is 0. The summed E-state index contributed by atoms with van der Waals surface area (Å²) in [6.07, 6.45) is 0. The van der Waals surface area contributed by atoms with Gasteiger partial charge in [-0.15, -0.1) is 0 Å². The number of rotatable bonds is 6. The van der Waals surface area contributed by atoms with Crippen molar-refractivity contribution in [1.29, 1.82) is 0 Å². The highest BCUT2D eigenvalue weighted by atomic mass is 16.3. The molecule has 0 N–H and O–H groups in total. The van der Waals surface area contributed by atoms with E-state index in [1.54, 1.807) is 0 Å². The second kappa shape index (κ2) is 13.2. The van der Waals surface area contributed by atoms with Gasteiger partial charge in [0.05, 0.1) is 11.4 Å². The minimum atomic E-state index is 0.892. The minimum Gasteiger partial charge on any atom is -0.455 e. The van der Waals surface area contributed by atoms with Crippen LogP contribution in [0.1, 0.15) is 0 Å². The molecule has 0 amide bonds. The lowest BCUT2D eigenvalue weighted by Crippen LogP contribution is -2.12. The Kier molecular flexibility index (Phi) is 7.53. The van der Waals surface area contributed by atoms with Crippen molar-refractivity contribution >= 4 is 71.3 Å². The maximum atomic E-state index is 6.55. The first-order valence-electron chi connectivity index (χ1n) is 19.2. The molecule has 0 radical (unpaired) electrons. The third-order valence-electron chi connectivity index (χ3n) is 11.3. The highest BCUT2D eigenvalue weighted by Gasteiger charge is 2.22. The van der Waals surface area contributed by atoms with Crippen LogP contribution in [0.15, 0.2) is 217 Å². The zero-order chi connectivity index (χ0) is 37.0. The molecule has 2 nitrogen and oxygen atoms in total. The normalized spacial score (nSPS) is 11.6. The highest BCUT2D eigenvalue weighted by Crippen LogP contribution is 2.47. The molecule has 11 aromatic rings. The molecule has 10 aromatic carbocycles. The number of anilines is 3. The van der Waals surface area contributed by atoms with Gasteiger partial charge in [-0.25, -0.2) is 0 Å². The van der Waals surface area contributed by atoms with Gasteiger partial charge in [0.15, 0.2) is 0 Å². The van der Waals surface area contributed by atoms with E-state index >= 15 is 0 Å². The maximum Gasteiger partial charge on any atom is 0.143 e. The Morgan fingerprint density at radius 1 is 0.304 bits per heavy atom. The van der Waals surface area contributed by atoms with Crippen molar-refractivity contribution in [3.63, 3.8) is 0 Å². The summed E-state index contributed by atoms with van der Waals surface area (Å²) in [5.74, 6) is 0. The topological polar surface area (TPSA) is 16.4 Å². The van der Waals surface area contributed by atoms with E-state index in [0.29, 0.717) is 0 Å². The molecular weight excluding hydrogens is 679 g/mol. The Bertz CT molecular complexity index is 3230. The van der Waals surface area contributed by atoms with Crippen LogP contribution in [0.5, 0.6) is 0 Å². The smallest absolute Gasteiger partial charge is 0.143 e. The van der Waals surface area contributed by atoms with Crippen LogP contribution < -0.4 is 4.90 Å². The van der Waals surface area contributed by atoms with E-state index in [1.807, 2.05) is 6.07 Å². The van der Waals surface area contributed by atoms with Gasteiger partial charge in [0.2, 0.25) is 0 Å². The number of benzene rings is 10. The molecule has 0 fully saturated rings. The largest absolute Gasteiger partial charge is 0.455 e. The number of furan rings is 1. The fraction of sp³-hybridized carbons (Fsp3) is 0. The Balaban J connectivity index is 1.11. The molecule has 0 aliphatic rings. The van der Waals surface area contributed by atoms with E-state index in [0.717, 1.165) is 60.9 Å². The van der Waals surface area contributed by atoms with Gasteiger partial charge in [-0.1, -0.05) is 176 Å². The second-order valence-electron chi connectivity index (χ2n) is 14.4. The third kappa shape index (κ3) is 5.26. The molecule has 0 unspecified atom stereocenters. The van der Waals surface area contributed by atoms with Crippen molar-refractivity contribution in [2.75, 3.05) is 4.90 Å². The summed E-state index contributed by atoms with van der Waals surface area (Å²) >= 11 is 0. The van der Waals surface area contributed by atoms with Gasteiger partial charge < -0.3 is 9.32 Å². The summed E-state index contributed by atoms with van der Waals surface area (Å²) in [5.41, 5.74) is 12.2. The quantitative estimate of drug-likeness (QED) is 0.160. The number of hydrogen-bond acceptors (Lipinski definition) is 2. The van der Waals surface area contributed by atoms with Gasteiger partial charge in [-0.3, -0.25) is 0 Å². The third-order valence-corrected chi connectivity index (χ3v) is 11.3. The molecule has 0 aliphatic carbocycles. The van der Waals surface area contributed by atoms with Crippen LogP contribution in [-0.2, 0) is 0 Å². The maximum absolute atomic E-state index is 6.55. The zero-order valence-corrected chi connectivity index (χ0v) is 30.6. The van der Waals surface area contributed by atoms with Gasteiger partial charge in [0.25, 0.3) is 0 Å².